The summed E-state index contributed by atoms with van der Waals surface area (Å²) in [5.74, 6) is -3.41. The highest BCUT2D eigenvalue weighted by atomic mass is 32.2. The van der Waals surface area contributed by atoms with Crippen LogP contribution >= 0.6 is 0 Å². The predicted octanol–water partition coefficient (Wildman–Crippen LogP) is -0.435. The van der Waals surface area contributed by atoms with Crippen molar-refractivity contribution in [1.82, 2.24) is 5.32 Å². The molecule has 100 valence electrons. The van der Waals surface area contributed by atoms with Gasteiger partial charge >= 0.3 is 0 Å². The molecule has 18 heavy (non-hydrogen) atoms. The summed E-state index contributed by atoms with van der Waals surface area (Å²) in [4.78, 5) is 11.4. The van der Waals surface area contributed by atoms with Crippen molar-refractivity contribution in [3.63, 3.8) is 0 Å². The number of anilines is 1. The molecule has 0 saturated heterocycles. The number of nitrogen functional groups attached to an aromatic ring is 1. The van der Waals surface area contributed by atoms with Gasteiger partial charge in [-0.2, -0.15) is 0 Å². The molecule has 0 fully saturated rings. The van der Waals surface area contributed by atoms with Gasteiger partial charge in [0.05, 0.1) is 17.0 Å². The van der Waals surface area contributed by atoms with E-state index in [1.165, 1.54) is 0 Å². The molecular weight excluding hydrogens is 268 g/mol. The Morgan fingerprint density at radius 3 is 2.50 bits per heavy atom. The summed E-state index contributed by atoms with van der Waals surface area (Å²) in [7, 11) is -3.74. The number of halogens is 2. The average Bonchev–Trinajstić information content (AvgIpc) is 2.21. The first-order valence-electron chi connectivity index (χ1n) is 4.74. The molecule has 0 radical (unpaired) electrons. The van der Waals surface area contributed by atoms with Crippen LogP contribution in [0.5, 0.6) is 0 Å². The highest BCUT2D eigenvalue weighted by Gasteiger charge is 2.16. The van der Waals surface area contributed by atoms with Crippen LogP contribution in [0.4, 0.5) is 14.5 Å². The lowest BCUT2D eigenvalue weighted by Gasteiger charge is -2.07. The number of hydrogen-bond donors (Lipinski definition) is 3. The van der Waals surface area contributed by atoms with Crippen molar-refractivity contribution in [3.8, 4) is 0 Å². The number of primary sulfonamides is 1. The number of nitrogens with two attached hydrogens (primary N) is 2. The predicted molar refractivity (Wildman–Crippen MR) is 61.1 cm³/mol. The van der Waals surface area contributed by atoms with Gasteiger partial charge in [-0.1, -0.05) is 0 Å². The molecule has 1 rings (SSSR count). The Kier molecular flexibility index (Phi) is 4.19. The van der Waals surface area contributed by atoms with Gasteiger partial charge in [0.25, 0.3) is 5.91 Å². The number of benzene rings is 1. The third-order valence-electron chi connectivity index (χ3n) is 1.98. The van der Waals surface area contributed by atoms with Crippen LogP contribution in [0.15, 0.2) is 12.1 Å². The van der Waals surface area contributed by atoms with Crippen molar-refractivity contribution >= 4 is 21.6 Å². The molecule has 0 aromatic heterocycles. The third kappa shape index (κ3) is 3.93. The van der Waals surface area contributed by atoms with Crippen molar-refractivity contribution in [2.45, 2.75) is 0 Å². The van der Waals surface area contributed by atoms with Crippen LogP contribution in [0, 0.1) is 11.6 Å². The van der Waals surface area contributed by atoms with Gasteiger partial charge in [-0.15, -0.1) is 0 Å². The summed E-state index contributed by atoms with van der Waals surface area (Å²) in [5, 5.41) is 6.80. The number of sulfonamides is 1. The fourth-order valence-corrected chi connectivity index (χ4v) is 1.56. The normalized spacial score (nSPS) is 11.3. The van der Waals surface area contributed by atoms with Crippen LogP contribution in [0.2, 0.25) is 0 Å². The molecule has 0 unspecified atom stereocenters. The summed E-state index contributed by atoms with van der Waals surface area (Å²) in [6.45, 7) is -0.312. The fraction of sp³-hybridized carbons (Fsp3) is 0.222. The molecule has 0 atom stereocenters. The average molecular weight is 279 g/mol. The quantitative estimate of drug-likeness (QED) is 0.648. The van der Waals surface area contributed by atoms with E-state index < -0.39 is 44.6 Å². The molecular formula is C9H11F2N3O3S. The summed E-state index contributed by atoms with van der Waals surface area (Å²) in [5.41, 5.74) is 4.04. The summed E-state index contributed by atoms with van der Waals surface area (Å²) in [6.07, 6.45) is 0. The molecule has 0 spiro atoms. The maximum Gasteiger partial charge on any atom is 0.254 e. The number of rotatable bonds is 4. The molecule has 0 aliphatic heterocycles. The van der Waals surface area contributed by atoms with E-state index in [-0.39, 0.29) is 6.54 Å². The van der Waals surface area contributed by atoms with Gasteiger partial charge in [0.15, 0.2) is 5.82 Å². The van der Waals surface area contributed by atoms with Gasteiger partial charge in [0.2, 0.25) is 10.0 Å². The van der Waals surface area contributed by atoms with Crippen LogP contribution in [-0.2, 0) is 10.0 Å². The molecule has 0 bridgehead atoms. The minimum absolute atomic E-state index is 0.312. The van der Waals surface area contributed by atoms with Crippen molar-refractivity contribution in [3.05, 3.63) is 29.3 Å². The van der Waals surface area contributed by atoms with Gasteiger partial charge in [0, 0.05) is 6.54 Å². The maximum absolute atomic E-state index is 13.4. The number of hydrogen-bond acceptors (Lipinski definition) is 4. The van der Waals surface area contributed by atoms with Gasteiger partial charge in [0.1, 0.15) is 5.82 Å². The lowest BCUT2D eigenvalue weighted by molar-refractivity contribution is 0.0951. The van der Waals surface area contributed by atoms with E-state index >= 15 is 0 Å². The zero-order valence-electron chi connectivity index (χ0n) is 9.11. The van der Waals surface area contributed by atoms with Gasteiger partial charge in [-0.25, -0.2) is 22.3 Å². The van der Waals surface area contributed by atoms with Crippen molar-refractivity contribution < 1.29 is 22.0 Å². The molecule has 1 amide bonds. The second-order valence-corrected chi connectivity index (χ2v) is 5.21. The summed E-state index contributed by atoms with van der Waals surface area (Å²) < 4.78 is 47.5. The Morgan fingerprint density at radius 1 is 1.33 bits per heavy atom. The number of amides is 1. The van der Waals surface area contributed by atoms with Crippen molar-refractivity contribution in [2.75, 3.05) is 18.0 Å². The highest BCUT2D eigenvalue weighted by molar-refractivity contribution is 7.89. The minimum atomic E-state index is -3.74. The fourth-order valence-electron chi connectivity index (χ4n) is 1.18. The second-order valence-electron chi connectivity index (χ2n) is 3.48. The monoisotopic (exact) mass is 279 g/mol. The van der Waals surface area contributed by atoms with E-state index in [0.29, 0.717) is 6.07 Å². The number of carbonyl (C=O) groups excluding carboxylic acids is 1. The SMILES string of the molecule is Nc1cc(F)cc(C(=O)NCCS(N)(=O)=O)c1F. The lowest BCUT2D eigenvalue weighted by Crippen LogP contribution is -2.32. The lowest BCUT2D eigenvalue weighted by atomic mass is 10.1. The minimum Gasteiger partial charge on any atom is -0.396 e. The summed E-state index contributed by atoms with van der Waals surface area (Å²) in [6, 6.07) is 1.40. The molecule has 0 saturated carbocycles. The van der Waals surface area contributed by atoms with Crippen LogP contribution in [0.3, 0.4) is 0 Å². The van der Waals surface area contributed by atoms with Crippen LogP contribution in [0.1, 0.15) is 10.4 Å². The van der Waals surface area contributed by atoms with Crippen LogP contribution < -0.4 is 16.2 Å². The molecule has 6 nitrogen and oxygen atoms in total. The Morgan fingerprint density at radius 2 is 1.94 bits per heavy atom. The van der Waals surface area contributed by atoms with Gasteiger partial charge in [-0.05, 0) is 12.1 Å². The molecule has 0 aliphatic rings. The largest absolute Gasteiger partial charge is 0.396 e. The van der Waals surface area contributed by atoms with Crippen molar-refractivity contribution in [1.29, 1.82) is 0 Å². The van der Waals surface area contributed by atoms with E-state index in [2.05, 4.69) is 5.32 Å². The van der Waals surface area contributed by atoms with Crippen LogP contribution in [0.25, 0.3) is 0 Å². The Hall–Kier alpha value is -1.74. The van der Waals surface area contributed by atoms with Gasteiger partial charge in [-0.3, -0.25) is 4.79 Å². The second kappa shape index (κ2) is 5.27. The highest BCUT2D eigenvalue weighted by Crippen LogP contribution is 2.17. The van der Waals surface area contributed by atoms with Gasteiger partial charge < -0.3 is 11.1 Å². The first kappa shape index (κ1) is 14.3. The van der Waals surface area contributed by atoms with E-state index in [0.717, 1.165) is 6.07 Å². The zero-order chi connectivity index (χ0) is 13.9. The Labute approximate surface area is 102 Å². The number of nitrogens with one attached hydrogen (secondary N) is 1. The molecule has 1 aromatic rings. The standard InChI is InChI=1S/C9H11F2N3O3S/c10-5-3-6(8(11)7(12)4-5)9(15)14-1-2-18(13,16)17/h3-4H,1-2,12H2,(H,14,15)(H2,13,16,17). The Balaban J connectivity index is 2.79. The van der Waals surface area contributed by atoms with E-state index in [9.17, 15) is 22.0 Å². The zero-order valence-corrected chi connectivity index (χ0v) is 9.93. The Bertz CT molecular complexity index is 575. The molecule has 5 N–H and O–H groups in total. The first-order valence-corrected chi connectivity index (χ1v) is 6.45. The van der Waals surface area contributed by atoms with Crippen LogP contribution in [-0.4, -0.2) is 26.6 Å². The third-order valence-corrected chi connectivity index (χ3v) is 2.76. The smallest absolute Gasteiger partial charge is 0.254 e. The molecule has 1 aromatic carbocycles. The molecule has 9 heteroatoms. The van der Waals surface area contributed by atoms with E-state index in [1.54, 1.807) is 0 Å². The first-order chi connectivity index (χ1) is 8.20. The maximum atomic E-state index is 13.4. The van der Waals surface area contributed by atoms with E-state index in [4.69, 9.17) is 10.9 Å². The summed E-state index contributed by atoms with van der Waals surface area (Å²) >= 11 is 0. The molecule has 0 heterocycles. The number of carbonyl (C=O) groups is 1. The van der Waals surface area contributed by atoms with Crippen molar-refractivity contribution in [2.24, 2.45) is 5.14 Å². The van der Waals surface area contributed by atoms with E-state index in [1.807, 2.05) is 0 Å². The molecule has 0 aliphatic carbocycles. The topological polar surface area (TPSA) is 115 Å².